The van der Waals surface area contributed by atoms with Crippen LogP contribution in [-0.2, 0) is 0 Å². The van der Waals surface area contributed by atoms with Crippen molar-refractivity contribution < 1.29 is 4.39 Å². The van der Waals surface area contributed by atoms with Crippen LogP contribution in [0.25, 0.3) is 11.0 Å². The average Bonchev–Trinajstić information content (AvgIpc) is 2.64. The molecule has 0 amide bonds. The minimum atomic E-state index is -0.270. The molecule has 1 aliphatic heterocycles. The minimum absolute atomic E-state index is 0.270. The van der Waals surface area contributed by atoms with E-state index in [9.17, 15) is 4.39 Å². The van der Waals surface area contributed by atoms with Gasteiger partial charge in [-0.1, -0.05) is 0 Å². The summed E-state index contributed by atoms with van der Waals surface area (Å²) in [6, 6.07) is 5.00. The first kappa shape index (κ1) is 11.5. The van der Waals surface area contributed by atoms with Crippen molar-refractivity contribution in [2.24, 2.45) is 0 Å². The lowest BCUT2D eigenvalue weighted by Crippen LogP contribution is -2.33. The first-order chi connectivity index (χ1) is 8.65. The second kappa shape index (κ2) is 4.24. The summed E-state index contributed by atoms with van der Waals surface area (Å²) in [6.07, 6.45) is 2.25. The Bertz CT molecular complexity index is 578. The van der Waals surface area contributed by atoms with Crippen LogP contribution < -0.4 is 5.73 Å². The third-order valence-electron chi connectivity index (χ3n) is 3.64. The predicted molar refractivity (Wildman–Crippen MR) is 69.9 cm³/mol. The summed E-state index contributed by atoms with van der Waals surface area (Å²) in [5.41, 5.74) is 7.56. The fourth-order valence-electron chi connectivity index (χ4n) is 2.82. The first-order valence-corrected chi connectivity index (χ1v) is 6.26. The van der Waals surface area contributed by atoms with Crippen LogP contribution in [0.15, 0.2) is 18.2 Å². The molecular weight excluding hydrogens is 231 g/mol. The molecule has 1 atom stereocenters. The maximum atomic E-state index is 13.2. The highest BCUT2D eigenvalue weighted by atomic mass is 19.1. The molecule has 1 aliphatic rings. The highest BCUT2D eigenvalue weighted by Gasteiger charge is 2.22. The van der Waals surface area contributed by atoms with Crippen LogP contribution >= 0.6 is 0 Å². The number of hydrogen-bond acceptors (Lipinski definition) is 3. The normalized spacial score (nSPS) is 21.6. The van der Waals surface area contributed by atoms with E-state index in [1.807, 2.05) is 4.57 Å². The van der Waals surface area contributed by atoms with Gasteiger partial charge in [0.05, 0.1) is 11.0 Å². The summed E-state index contributed by atoms with van der Waals surface area (Å²) < 4.78 is 15.2. The van der Waals surface area contributed by atoms with Crippen LogP contribution in [0.1, 0.15) is 18.9 Å². The molecule has 4 nitrogen and oxygen atoms in total. The van der Waals surface area contributed by atoms with Crippen LogP contribution in [0.4, 0.5) is 10.3 Å². The van der Waals surface area contributed by atoms with E-state index in [-0.39, 0.29) is 5.82 Å². The number of likely N-dealkylation sites (N-methyl/N-ethyl adjacent to an activating group) is 1. The molecule has 1 fully saturated rings. The number of nitrogen functional groups attached to an aromatic ring is 1. The van der Waals surface area contributed by atoms with Gasteiger partial charge in [0.1, 0.15) is 5.82 Å². The maximum Gasteiger partial charge on any atom is 0.201 e. The van der Waals surface area contributed by atoms with Crippen molar-refractivity contribution >= 4 is 17.0 Å². The molecule has 5 heteroatoms. The fourth-order valence-corrected chi connectivity index (χ4v) is 2.82. The zero-order chi connectivity index (χ0) is 12.7. The van der Waals surface area contributed by atoms with Gasteiger partial charge in [-0.25, -0.2) is 9.37 Å². The van der Waals surface area contributed by atoms with Gasteiger partial charge in [0.2, 0.25) is 5.95 Å². The molecule has 1 aromatic carbocycles. The van der Waals surface area contributed by atoms with Gasteiger partial charge in [0.15, 0.2) is 0 Å². The molecule has 0 radical (unpaired) electrons. The number of nitrogens with two attached hydrogens (primary N) is 1. The van der Waals surface area contributed by atoms with Gasteiger partial charge < -0.3 is 15.2 Å². The van der Waals surface area contributed by atoms with Gasteiger partial charge in [-0.3, -0.25) is 0 Å². The van der Waals surface area contributed by atoms with Crippen molar-refractivity contribution in [2.45, 2.75) is 18.9 Å². The molecule has 0 aliphatic carbocycles. The molecule has 0 saturated carbocycles. The molecule has 0 spiro atoms. The summed E-state index contributed by atoms with van der Waals surface area (Å²) >= 11 is 0. The SMILES string of the molecule is CN1CCCC(n2c(N)nc3cc(F)ccc32)C1. The van der Waals surface area contributed by atoms with Crippen LogP contribution in [0.3, 0.4) is 0 Å². The number of piperidine rings is 1. The molecule has 1 aromatic heterocycles. The average molecular weight is 248 g/mol. The van der Waals surface area contributed by atoms with E-state index in [1.165, 1.54) is 12.1 Å². The Labute approximate surface area is 105 Å². The number of likely N-dealkylation sites (tertiary alicyclic amines) is 1. The number of nitrogens with zero attached hydrogens (tertiary/aromatic N) is 3. The minimum Gasteiger partial charge on any atom is -0.369 e. The van der Waals surface area contributed by atoms with E-state index >= 15 is 0 Å². The number of anilines is 1. The van der Waals surface area contributed by atoms with Crippen molar-refractivity contribution in [3.63, 3.8) is 0 Å². The van der Waals surface area contributed by atoms with E-state index < -0.39 is 0 Å². The monoisotopic (exact) mass is 248 g/mol. The number of hydrogen-bond donors (Lipinski definition) is 1. The quantitative estimate of drug-likeness (QED) is 0.840. The highest BCUT2D eigenvalue weighted by Crippen LogP contribution is 2.28. The van der Waals surface area contributed by atoms with Gasteiger partial charge in [0, 0.05) is 18.7 Å². The molecule has 2 aromatic rings. The molecule has 3 rings (SSSR count). The molecule has 2 heterocycles. The molecular formula is C13H17FN4. The first-order valence-electron chi connectivity index (χ1n) is 6.26. The third kappa shape index (κ3) is 1.84. The topological polar surface area (TPSA) is 47.1 Å². The Morgan fingerprint density at radius 2 is 2.28 bits per heavy atom. The number of benzene rings is 1. The fraction of sp³-hybridized carbons (Fsp3) is 0.462. The van der Waals surface area contributed by atoms with Crippen molar-refractivity contribution in [2.75, 3.05) is 25.9 Å². The number of halogens is 1. The van der Waals surface area contributed by atoms with Gasteiger partial charge >= 0.3 is 0 Å². The Morgan fingerprint density at radius 1 is 1.44 bits per heavy atom. The Morgan fingerprint density at radius 3 is 3.06 bits per heavy atom. The summed E-state index contributed by atoms with van der Waals surface area (Å²) in [4.78, 5) is 6.55. The zero-order valence-electron chi connectivity index (χ0n) is 10.4. The third-order valence-corrected chi connectivity index (χ3v) is 3.64. The molecule has 1 saturated heterocycles. The Kier molecular flexibility index (Phi) is 2.70. The van der Waals surface area contributed by atoms with E-state index in [4.69, 9.17) is 5.73 Å². The molecule has 1 unspecified atom stereocenters. The predicted octanol–water partition coefficient (Wildman–Crippen LogP) is 2.02. The van der Waals surface area contributed by atoms with Gasteiger partial charge in [-0.15, -0.1) is 0 Å². The largest absolute Gasteiger partial charge is 0.369 e. The molecule has 18 heavy (non-hydrogen) atoms. The van der Waals surface area contributed by atoms with Gasteiger partial charge in [-0.05, 0) is 38.6 Å². The lowest BCUT2D eigenvalue weighted by Gasteiger charge is -2.31. The number of imidazole rings is 1. The van der Waals surface area contributed by atoms with Crippen molar-refractivity contribution in [3.8, 4) is 0 Å². The number of fused-ring (bicyclic) bond motifs is 1. The Balaban J connectivity index is 2.07. The summed E-state index contributed by atoms with van der Waals surface area (Å²) in [6.45, 7) is 2.09. The van der Waals surface area contributed by atoms with E-state index in [2.05, 4.69) is 16.9 Å². The van der Waals surface area contributed by atoms with E-state index in [1.54, 1.807) is 6.07 Å². The number of rotatable bonds is 1. The second-order valence-corrected chi connectivity index (χ2v) is 5.03. The van der Waals surface area contributed by atoms with Gasteiger partial charge in [0.25, 0.3) is 0 Å². The van der Waals surface area contributed by atoms with Crippen molar-refractivity contribution in [1.82, 2.24) is 14.5 Å². The van der Waals surface area contributed by atoms with E-state index in [0.29, 0.717) is 17.5 Å². The highest BCUT2D eigenvalue weighted by molar-refractivity contribution is 5.78. The lowest BCUT2D eigenvalue weighted by atomic mass is 10.1. The zero-order valence-corrected chi connectivity index (χ0v) is 10.4. The summed E-state index contributed by atoms with van der Waals surface area (Å²) in [5, 5.41) is 0. The van der Waals surface area contributed by atoms with Crippen molar-refractivity contribution in [1.29, 1.82) is 0 Å². The maximum absolute atomic E-state index is 13.2. The van der Waals surface area contributed by atoms with E-state index in [0.717, 1.165) is 31.4 Å². The second-order valence-electron chi connectivity index (χ2n) is 5.03. The van der Waals surface area contributed by atoms with Gasteiger partial charge in [-0.2, -0.15) is 0 Å². The van der Waals surface area contributed by atoms with Crippen molar-refractivity contribution in [3.05, 3.63) is 24.0 Å². The van der Waals surface area contributed by atoms with Crippen LogP contribution in [0.2, 0.25) is 0 Å². The van der Waals surface area contributed by atoms with Crippen LogP contribution in [0.5, 0.6) is 0 Å². The smallest absolute Gasteiger partial charge is 0.201 e. The molecule has 0 bridgehead atoms. The van der Waals surface area contributed by atoms with Crippen LogP contribution in [-0.4, -0.2) is 34.6 Å². The summed E-state index contributed by atoms with van der Waals surface area (Å²) in [7, 11) is 2.11. The summed E-state index contributed by atoms with van der Waals surface area (Å²) in [5.74, 6) is 0.212. The standard InChI is InChI=1S/C13H17FN4/c1-17-6-2-3-10(8-17)18-12-5-4-9(14)7-11(12)16-13(18)15/h4-5,7,10H,2-3,6,8H2,1H3,(H2,15,16). The molecule has 96 valence electrons. The molecule has 2 N–H and O–H groups in total. The van der Waals surface area contributed by atoms with Crippen LogP contribution in [0, 0.1) is 5.82 Å². The lowest BCUT2D eigenvalue weighted by molar-refractivity contribution is 0.216. The number of aromatic nitrogens is 2. The Hall–Kier alpha value is -1.62.